The van der Waals surface area contributed by atoms with Gasteiger partial charge in [-0.15, -0.1) is 0 Å². The van der Waals surface area contributed by atoms with Gasteiger partial charge in [0.1, 0.15) is 0 Å². The van der Waals surface area contributed by atoms with Gasteiger partial charge in [0.15, 0.2) is 0 Å². The van der Waals surface area contributed by atoms with Crippen LogP contribution in [-0.2, 0) is 0 Å². The van der Waals surface area contributed by atoms with Crippen molar-refractivity contribution >= 4 is 5.69 Å². The van der Waals surface area contributed by atoms with Crippen molar-refractivity contribution in [2.75, 3.05) is 5.32 Å². The maximum Gasteiger partial charge on any atom is 0.0439 e. The van der Waals surface area contributed by atoms with Gasteiger partial charge in [-0.1, -0.05) is 55.8 Å². The van der Waals surface area contributed by atoms with Gasteiger partial charge in [-0.3, -0.25) is 0 Å². The summed E-state index contributed by atoms with van der Waals surface area (Å²) in [5, 5.41) is 3.15. The Bertz CT molecular complexity index is 632. The second-order valence-corrected chi connectivity index (χ2v) is 6.29. The van der Waals surface area contributed by atoms with Crippen LogP contribution >= 0.6 is 0 Å². The summed E-state index contributed by atoms with van der Waals surface area (Å²) in [6.45, 7) is 12.9. The molecule has 0 amide bonds. The molecule has 2 aromatic carbocycles. The van der Waals surface area contributed by atoms with E-state index in [0.717, 1.165) is 5.69 Å². The Morgan fingerprint density at radius 1 is 0.913 bits per heavy atom. The monoisotopic (exact) mass is 310 g/mol. The lowest BCUT2D eigenvalue weighted by molar-refractivity contribution is 0.856. The lowest BCUT2D eigenvalue weighted by atomic mass is 9.99. The van der Waals surface area contributed by atoms with Crippen LogP contribution in [0.15, 0.2) is 48.8 Å². The third-order valence-electron chi connectivity index (χ3n) is 3.81. The van der Waals surface area contributed by atoms with Gasteiger partial charge >= 0.3 is 0 Å². The van der Waals surface area contributed by atoms with Gasteiger partial charge in [0.2, 0.25) is 0 Å². The third kappa shape index (κ3) is 5.82. The lowest BCUT2D eigenvalue weighted by Crippen LogP contribution is -1.96. The summed E-state index contributed by atoms with van der Waals surface area (Å²) < 4.78 is 0. The molecule has 124 valence electrons. The summed E-state index contributed by atoms with van der Waals surface area (Å²) in [5.74, 6) is 0.654. The highest BCUT2D eigenvalue weighted by Gasteiger charge is 2.01. The van der Waals surface area contributed by atoms with E-state index in [2.05, 4.69) is 83.3 Å². The van der Waals surface area contributed by atoms with Crippen LogP contribution in [0.3, 0.4) is 0 Å². The molecule has 0 aliphatic heterocycles. The number of hydrogen-bond donors (Lipinski definition) is 2. The van der Waals surface area contributed by atoms with Crippen LogP contribution < -0.4 is 11.1 Å². The molecule has 2 rings (SSSR count). The van der Waals surface area contributed by atoms with Crippen molar-refractivity contribution in [3.05, 3.63) is 76.6 Å². The Morgan fingerprint density at radius 2 is 1.48 bits per heavy atom. The van der Waals surface area contributed by atoms with Crippen LogP contribution in [0.4, 0.5) is 5.69 Å². The molecule has 0 saturated heterocycles. The van der Waals surface area contributed by atoms with Crippen LogP contribution in [0, 0.1) is 27.7 Å². The first kappa shape index (κ1) is 18.8. The highest BCUT2D eigenvalue weighted by molar-refractivity contribution is 5.59. The highest BCUT2D eigenvalue weighted by atomic mass is 14.9. The van der Waals surface area contributed by atoms with E-state index in [1.54, 1.807) is 6.20 Å². The van der Waals surface area contributed by atoms with E-state index in [0.29, 0.717) is 5.92 Å². The van der Waals surface area contributed by atoms with Crippen LogP contribution in [0.1, 0.15) is 47.6 Å². The average Bonchev–Trinajstić information content (AvgIpc) is 2.47. The highest BCUT2D eigenvalue weighted by Crippen LogP contribution is 2.21. The maximum atomic E-state index is 5.26. The molecule has 0 radical (unpaired) electrons. The molecule has 0 fully saturated rings. The van der Waals surface area contributed by atoms with E-state index in [1.165, 1.54) is 34.0 Å². The minimum atomic E-state index is 0.654. The molecule has 2 heteroatoms. The maximum absolute atomic E-state index is 5.26. The Balaban J connectivity index is 0.000000238. The van der Waals surface area contributed by atoms with E-state index < -0.39 is 0 Å². The molecule has 3 N–H and O–H groups in total. The summed E-state index contributed by atoms with van der Waals surface area (Å²) in [5.41, 5.74) is 13.1. The van der Waals surface area contributed by atoms with Crippen molar-refractivity contribution in [2.24, 2.45) is 5.73 Å². The average molecular weight is 310 g/mol. The number of rotatable bonds is 3. The second-order valence-electron chi connectivity index (χ2n) is 6.29. The van der Waals surface area contributed by atoms with E-state index in [1.807, 2.05) is 0 Å². The number of hydrogen-bond acceptors (Lipinski definition) is 2. The molecule has 0 spiro atoms. The van der Waals surface area contributed by atoms with E-state index in [4.69, 9.17) is 5.73 Å². The molecule has 2 nitrogen and oxygen atoms in total. The zero-order valence-corrected chi connectivity index (χ0v) is 15.3. The molecular formula is C21H30N2. The Morgan fingerprint density at radius 3 is 1.91 bits per heavy atom. The van der Waals surface area contributed by atoms with Crippen molar-refractivity contribution in [3.8, 4) is 0 Å². The quantitative estimate of drug-likeness (QED) is 0.777. The summed E-state index contributed by atoms with van der Waals surface area (Å²) in [6.07, 6.45) is 3.24. The normalized spacial score (nSPS) is 10.6. The molecule has 0 aliphatic carbocycles. The topological polar surface area (TPSA) is 38.0 Å². The summed E-state index contributed by atoms with van der Waals surface area (Å²) in [7, 11) is 0. The first-order valence-corrected chi connectivity index (χ1v) is 8.13. The van der Waals surface area contributed by atoms with Crippen LogP contribution in [0.2, 0.25) is 0 Å². The van der Waals surface area contributed by atoms with Crippen molar-refractivity contribution < 1.29 is 0 Å². The number of benzene rings is 2. The van der Waals surface area contributed by atoms with Gasteiger partial charge < -0.3 is 11.1 Å². The van der Waals surface area contributed by atoms with Crippen molar-refractivity contribution in [3.63, 3.8) is 0 Å². The van der Waals surface area contributed by atoms with Gasteiger partial charge in [-0.05, 0) is 55.9 Å². The van der Waals surface area contributed by atoms with E-state index in [9.17, 15) is 0 Å². The van der Waals surface area contributed by atoms with Crippen LogP contribution in [0.25, 0.3) is 0 Å². The first-order chi connectivity index (χ1) is 10.9. The third-order valence-corrected chi connectivity index (χ3v) is 3.81. The van der Waals surface area contributed by atoms with Crippen molar-refractivity contribution in [2.45, 2.75) is 47.5 Å². The number of nitrogens with one attached hydrogen (secondary N) is 1. The van der Waals surface area contributed by atoms with Crippen molar-refractivity contribution in [1.82, 2.24) is 0 Å². The molecular weight excluding hydrogens is 280 g/mol. The fourth-order valence-corrected chi connectivity index (χ4v) is 2.77. The first-order valence-electron chi connectivity index (χ1n) is 8.13. The SMILES string of the molecule is Cc1cc(C)c(N/C=C\N)c(C)c1.Cc1ccccc1C(C)C. The molecule has 2 aromatic rings. The smallest absolute Gasteiger partial charge is 0.0439 e. The van der Waals surface area contributed by atoms with E-state index >= 15 is 0 Å². The van der Waals surface area contributed by atoms with Gasteiger partial charge in [0.05, 0.1) is 0 Å². The van der Waals surface area contributed by atoms with Gasteiger partial charge in [-0.25, -0.2) is 0 Å². The predicted molar refractivity (Wildman–Crippen MR) is 103 cm³/mol. The number of nitrogens with two attached hydrogens (primary N) is 1. The molecule has 0 heterocycles. The van der Waals surface area contributed by atoms with Gasteiger partial charge in [0.25, 0.3) is 0 Å². The fraction of sp³-hybridized carbons (Fsp3) is 0.333. The predicted octanol–water partition coefficient (Wildman–Crippen LogP) is 5.57. The largest absolute Gasteiger partial charge is 0.403 e. The molecule has 0 atom stereocenters. The lowest BCUT2D eigenvalue weighted by Gasteiger charge is -2.10. The zero-order valence-electron chi connectivity index (χ0n) is 15.3. The van der Waals surface area contributed by atoms with Crippen molar-refractivity contribution in [1.29, 1.82) is 0 Å². The molecule has 0 bridgehead atoms. The van der Waals surface area contributed by atoms with Gasteiger partial charge in [-0.2, -0.15) is 0 Å². The fourth-order valence-electron chi connectivity index (χ4n) is 2.77. The summed E-state index contributed by atoms with van der Waals surface area (Å²) >= 11 is 0. The van der Waals surface area contributed by atoms with Crippen LogP contribution in [0.5, 0.6) is 0 Å². The van der Waals surface area contributed by atoms with E-state index in [-0.39, 0.29) is 0 Å². The minimum absolute atomic E-state index is 0.654. The Kier molecular flexibility index (Phi) is 7.40. The molecule has 0 saturated carbocycles. The molecule has 0 aromatic heterocycles. The Labute approximate surface area is 141 Å². The van der Waals surface area contributed by atoms with Crippen LogP contribution in [-0.4, -0.2) is 0 Å². The van der Waals surface area contributed by atoms with Gasteiger partial charge in [0, 0.05) is 18.1 Å². The second kappa shape index (κ2) is 9.04. The zero-order chi connectivity index (χ0) is 17.4. The standard InChI is InChI=1S/C11H16N2.C10H14/c1-8-6-9(2)11(10(3)7-8)13-5-4-12;1-8(2)10-7-5-4-6-9(10)3/h4-7,13H,12H2,1-3H3;4-8H,1-3H3/b5-4-;. The summed E-state index contributed by atoms with van der Waals surface area (Å²) in [4.78, 5) is 0. The number of anilines is 1. The molecule has 0 aliphatic rings. The molecule has 23 heavy (non-hydrogen) atoms. The Hall–Kier alpha value is -2.22. The minimum Gasteiger partial charge on any atom is -0.403 e. The number of aryl methyl sites for hydroxylation is 4. The summed E-state index contributed by atoms with van der Waals surface area (Å²) in [6, 6.07) is 12.8. The molecule has 0 unspecified atom stereocenters.